The number of piperidine rings is 1. The van der Waals surface area contributed by atoms with Crippen molar-refractivity contribution in [1.82, 2.24) is 4.90 Å². The molecule has 1 unspecified atom stereocenters. The van der Waals surface area contributed by atoms with E-state index in [1.54, 1.807) is 0 Å². The van der Waals surface area contributed by atoms with E-state index in [9.17, 15) is 5.11 Å². The summed E-state index contributed by atoms with van der Waals surface area (Å²) in [7, 11) is 0. The molecule has 0 aromatic heterocycles. The second-order valence-corrected chi connectivity index (χ2v) is 5.52. The van der Waals surface area contributed by atoms with Gasteiger partial charge in [-0.15, -0.1) is 0 Å². The summed E-state index contributed by atoms with van der Waals surface area (Å²) in [5.41, 5.74) is 2.40. The molecule has 19 heavy (non-hydrogen) atoms. The van der Waals surface area contributed by atoms with Crippen molar-refractivity contribution in [1.29, 1.82) is 0 Å². The van der Waals surface area contributed by atoms with Gasteiger partial charge in [0.05, 0.1) is 12.7 Å². The first-order valence-corrected chi connectivity index (χ1v) is 7.26. The Kier molecular flexibility index (Phi) is 5.23. The van der Waals surface area contributed by atoms with E-state index in [-0.39, 0.29) is 6.10 Å². The van der Waals surface area contributed by atoms with Gasteiger partial charge < -0.3 is 14.7 Å². The van der Waals surface area contributed by atoms with Crippen LogP contribution in [0.2, 0.25) is 0 Å². The number of β-amino-alcohol motifs (C(OH)–C–C–N with tert-alkyl or cyclic N) is 1. The third-order valence-electron chi connectivity index (χ3n) is 3.75. The van der Waals surface area contributed by atoms with E-state index in [4.69, 9.17) is 4.74 Å². The predicted molar refractivity (Wildman–Crippen MR) is 77.7 cm³/mol. The van der Waals surface area contributed by atoms with Crippen LogP contribution in [0.3, 0.4) is 0 Å². The number of likely N-dealkylation sites (tertiary alicyclic amines) is 1. The molecule has 1 aliphatic rings. The van der Waals surface area contributed by atoms with Gasteiger partial charge in [-0.1, -0.05) is 18.2 Å². The number of aryl methyl sites for hydroxylation is 2. The first kappa shape index (κ1) is 14.4. The first-order chi connectivity index (χ1) is 9.16. The molecular formula is C16H25NO2. The average Bonchev–Trinajstić information content (AvgIpc) is 2.37. The molecule has 1 N–H and O–H groups in total. The van der Waals surface area contributed by atoms with Crippen molar-refractivity contribution >= 4 is 0 Å². The Morgan fingerprint density at radius 1 is 1.32 bits per heavy atom. The largest absolute Gasteiger partial charge is 0.493 e. The highest BCUT2D eigenvalue weighted by Crippen LogP contribution is 2.22. The fourth-order valence-electron chi connectivity index (χ4n) is 2.72. The third kappa shape index (κ3) is 4.22. The Balaban J connectivity index is 1.72. The van der Waals surface area contributed by atoms with Crippen LogP contribution in [0.15, 0.2) is 18.2 Å². The van der Waals surface area contributed by atoms with Crippen molar-refractivity contribution < 1.29 is 9.84 Å². The number of hydrogen-bond acceptors (Lipinski definition) is 3. The molecule has 1 saturated heterocycles. The number of aliphatic hydroxyl groups is 1. The van der Waals surface area contributed by atoms with E-state index in [2.05, 4.69) is 36.9 Å². The van der Waals surface area contributed by atoms with Crippen molar-refractivity contribution in [3.8, 4) is 5.75 Å². The van der Waals surface area contributed by atoms with Crippen LogP contribution in [0, 0.1) is 13.8 Å². The van der Waals surface area contributed by atoms with Gasteiger partial charge in [0.1, 0.15) is 5.75 Å². The summed E-state index contributed by atoms with van der Waals surface area (Å²) in [6.45, 7) is 7.87. The normalized spacial score (nSPS) is 20.5. The Morgan fingerprint density at radius 2 is 2.05 bits per heavy atom. The summed E-state index contributed by atoms with van der Waals surface area (Å²) < 4.78 is 5.90. The average molecular weight is 263 g/mol. The Hall–Kier alpha value is -1.06. The minimum absolute atomic E-state index is 0.131. The lowest BCUT2D eigenvalue weighted by Crippen LogP contribution is -2.39. The highest BCUT2D eigenvalue weighted by Gasteiger charge is 2.16. The lowest BCUT2D eigenvalue weighted by atomic mass is 10.1. The molecule has 1 atom stereocenters. The first-order valence-electron chi connectivity index (χ1n) is 7.26. The Morgan fingerprint density at radius 3 is 2.74 bits per heavy atom. The summed E-state index contributed by atoms with van der Waals surface area (Å²) >= 11 is 0. The molecule has 3 nitrogen and oxygen atoms in total. The van der Waals surface area contributed by atoms with Crippen LogP contribution >= 0.6 is 0 Å². The number of rotatable bonds is 5. The van der Waals surface area contributed by atoms with Gasteiger partial charge in [0, 0.05) is 13.1 Å². The molecular weight excluding hydrogens is 238 g/mol. The molecule has 0 saturated carbocycles. The van der Waals surface area contributed by atoms with E-state index in [1.807, 2.05) is 0 Å². The molecule has 1 heterocycles. The van der Waals surface area contributed by atoms with Gasteiger partial charge in [-0.3, -0.25) is 0 Å². The minimum atomic E-state index is -0.131. The Bertz CT molecular complexity index is 385. The number of aliphatic hydroxyl groups excluding tert-OH is 1. The lowest BCUT2D eigenvalue weighted by molar-refractivity contribution is 0.0678. The number of ether oxygens (including phenoxy) is 1. The molecule has 1 aromatic rings. The molecule has 1 fully saturated rings. The number of benzene rings is 1. The monoisotopic (exact) mass is 263 g/mol. The van der Waals surface area contributed by atoms with Crippen molar-refractivity contribution in [3.63, 3.8) is 0 Å². The maximum atomic E-state index is 9.61. The molecule has 1 aliphatic heterocycles. The summed E-state index contributed by atoms with van der Waals surface area (Å²) in [6.07, 6.45) is 2.95. The molecule has 106 valence electrons. The van der Waals surface area contributed by atoms with Gasteiger partial charge >= 0.3 is 0 Å². The second kappa shape index (κ2) is 6.92. The standard InChI is InChI=1S/C16H25NO2/c1-13-6-3-7-14(2)16(13)19-11-5-10-17-9-4-8-15(18)12-17/h3,6-7,15,18H,4-5,8-12H2,1-2H3. The van der Waals surface area contributed by atoms with Crippen LogP contribution in [0.4, 0.5) is 0 Å². The van der Waals surface area contributed by atoms with Crippen LogP contribution in [0.25, 0.3) is 0 Å². The SMILES string of the molecule is Cc1cccc(C)c1OCCCN1CCCC(O)C1. The van der Waals surface area contributed by atoms with E-state index in [0.717, 1.165) is 51.3 Å². The molecule has 2 rings (SSSR count). The fourth-order valence-corrected chi connectivity index (χ4v) is 2.72. The number of hydrogen-bond donors (Lipinski definition) is 1. The maximum Gasteiger partial charge on any atom is 0.125 e. The number of para-hydroxylation sites is 1. The lowest BCUT2D eigenvalue weighted by Gasteiger charge is -2.29. The zero-order chi connectivity index (χ0) is 13.7. The number of nitrogens with zero attached hydrogens (tertiary/aromatic N) is 1. The quantitative estimate of drug-likeness (QED) is 0.829. The van der Waals surface area contributed by atoms with Gasteiger partial charge in [0.2, 0.25) is 0 Å². The van der Waals surface area contributed by atoms with Crippen LogP contribution in [0.1, 0.15) is 30.4 Å². The highest BCUT2D eigenvalue weighted by molar-refractivity contribution is 5.39. The van der Waals surface area contributed by atoms with Gasteiger partial charge in [-0.05, 0) is 50.8 Å². The van der Waals surface area contributed by atoms with Gasteiger partial charge in [-0.2, -0.15) is 0 Å². The topological polar surface area (TPSA) is 32.7 Å². The Labute approximate surface area is 116 Å². The zero-order valence-electron chi connectivity index (χ0n) is 12.1. The molecule has 0 bridgehead atoms. The third-order valence-corrected chi connectivity index (χ3v) is 3.75. The van der Waals surface area contributed by atoms with Crippen LogP contribution in [-0.4, -0.2) is 42.4 Å². The molecule has 1 aromatic carbocycles. The van der Waals surface area contributed by atoms with Crippen LogP contribution < -0.4 is 4.74 Å². The minimum Gasteiger partial charge on any atom is -0.493 e. The molecule has 0 aliphatic carbocycles. The van der Waals surface area contributed by atoms with Crippen molar-refractivity contribution in [3.05, 3.63) is 29.3 Å². The van der Waals surface area contributed by atoms with E-state index < -0.39 is 0 Å². The summed E-state index contributed by atoms with van der Waals surface area (Å²) in [5.74, 6) is 1.03. The van der Waals surface area contributed by atoms with E-state index in [1.165, 1.54) is 11.1 Å². The smallest absolute Gasteiger partial charge is 0.125 e. The summed E-state index contributed by atoms with van der Waals surface area (Å²) in [6, 6.07) is 6.24. The van der Waals surface area contributed by atoms with Crippen molar-refractivity contribution in [2.45, 2.75) is 39.2 Å². The second-order valence-electron chi connectivity index (χ2n) is 5.52. The van der Waals surface area contributed by atoms with Gasteiger partial charge in [0.15, 0.2) is 0 Å². The zero-order valence-corrected chi connectivity index (χ0v) is 12.1. The van der Waals surface area contributed by atoms with Crippen LogP contribution in [0.5, 0.6) is 5.75 Å². The summed E-state index contributed by atoms with van der Waals surface area (Å²) in [5, 5.41) is 9.61. The molecule has 0 spiro atoms. The molecule has 3 heteroatoms. The van der Waals surface area contributed by atoms with Crippen molar-refractivity contribution in [2.24, 2.45) is 0 Å². The predicted octanol–water partition coefficient (Wildman–Crippen LogP) is 2.53. The molecule has 0 amide bonds. The molecule has 0 radical (unpaired) electrons. The fraction of sp³-hybridized carbons (Fsp3) is 0.625. The van der Waals surface area contributed by atoms with Gasteiger partial charge in [-0.25, -0.2) is 0 Å². The maximum absolute atomic E-state index is 9.61. The summed E-state index contributed by atoms with van der Waals surface area (Å²) in [4.78, 5) is 2.34. The highest BCUT2D eigenvalue weighted by atomic mass is 16.5. The van der Waals surface area contributed by atoms with Gasteiger partial charge in [0.25, 0.3) is 0 Å². The van der Waals surface area contributed by atoms with E-state index >= 15 is 0 Å². The van der Waals surface area contributed by atoms with Crippen LogP contribution in [-0.2, 0) is 0 Å². The van der Waals surface area contributed by atoms with Crippen molar-refractivity contribution in [2.75, 3.05) is 26.2 Å². The van der Waals surface area contributed by atoms with E-state index in [0.29, 0.717) is 0 Å².